The number of nitrogens with one attached hydrogen (secondary N) is 1. The fraction of sp³-hybridized carbons (Fsp3) is 0.190. The molecular formula is C21H18N4O3. The molecule has 3 heterocycles. The molecule has 0 saturated heterocycles. The van der Waals surface area contributed by atoms with Gasteiger partial charge in [-0.15, -0.1) is 0 Å². The van der Waals surface area contributed by atoms with Gasteiger partial charge in [-0.1, -0.05) is 18.2 Å². The second-order valence-corrected chi connectivity index (χ2v) is 6.82. The summed E-state index contributed by atoms with van der Waals surface area (Å²) in [6, 6.07) is 15.3. The number of fused-ring (bicyclic) bond motifs is 2. The van der Waals surface area contributed by atoms with Crippen LogP contribution in [0.3, 0.4) is 0 Å². The van der Waals surface area contributed by atoms with Gasteiger partial charge in [0, 0.05) is 29.7 Å². The Morgan fingerprint density at radius 2 is 2.00 bits per heavy atom. The van der Waals surface area contributed by atoms with Crippen molar-refractivity contribution >= 4 is 23.2 Å². The number of rotatable bonds is 3. The molecule has 2 aliphatic heterocycles. The minimum absolute atomic E-state index is 0.192. The standard InChI is InChI=1S/C21H18N4O3/c1-13-10-14-4-2-3-5-17(14)25(13)21-22-9-8-16(24-21)20(26)23-15-6-7-18-19(11-15)28-12-27-18/h2-9,11,13H,10,12H2,1H3,(H,23,26). The lowest BCUT2D eigenvalue weighted by atomic mass is 10.1. The summed E-state index contributed by atoms with van der Waals surface area (Å²) in [5, 5.41) is 2.85. The number of carbonyl (C=O) groups is 1. The number of para-hydroxylation sites is 1. The minimum Gasteiger partial charge on any atom is -0.454 e. The van der Waals surface area contributed by atoms with E-state index in [9.17, 15) is 4.79 Å². The maximum Gasteiger partial charge on any atom is 0.274 e. The zero-order valence-corrected chi connectivity index (χ0v) is 15.3. The van der Waals surface area contributed by atoms with Crippen LogP contribution in [0.15, 0.2) is 54.7 Å². The summed E-state index contributed by atoms with van der Waals surface area (Å²) in [6.07, 6.45) is 2.54. The van der Waals surface area contributed by atoms with Gasteiger partial charge in [-0.3, -0.25) is 4.79 Å². The van der Waals surface area contributed by atoms with E-state index in [1.54, 1.807) is 30.5 Å². The van der Waals surface area contributed by atoms with Crippen molar-refractivity contribution in [2.24, 2.45) is 0 Å². The van der Waals surface area contributed by atoms with Crippen molar-refractivity contribution < 1.29 is 14.3 Å². The zero-order valence-electron chi connectivity index (χ0n) is 15.3. The summed E-state index contributed by atoms with van der Waals surface area (Å²) >= 11 is 0. The Labute approximate surface area is 161 Å². The number of amides is 1. The van der Waals surface area contributed by atoms with Crippen LogP contribution in [0.5, 0.6) is 11.5 Å². The van der Waals surface area contributed by atoms with E-state index in [2.05, 4.69) is 39.2 Å². The van der Waals surface area contributed by atoms with Crippen LogP contribution in [-0.2, 0) is 6.42 Å². The lowest BCUT2D eigenvalue weighted by Crippen LogP contribution is -2.26. The average Bonchev–Trinajstić information content (AvgIpc) is 3.30. The van der Waals surface area contributed by atoms with Gasteiger partial charge in [-0.2, -0.15) is 0 Å². The lowest BCUT2D eigenvalue weighted by molar-refractivity contribution is 0.102. The van der Waals surface area contributed by atoms with Crippen molar-refractivity contribution in [2.75, 3.05) is 17.0 Å². The third-order valence-electron chi connectivity index (χ3n) is 4.93. The Kier molecular flexibility index (Phi) is 3.86. The highest BCUT2D eigenvalue weighted by Crippen LogP contribution is 2.36. The maximum atomic E-state index is 12.7. The number of carbonyl (C=O) groups excluding carboxylic acids is 1. The highest BCUT2D eigenvalue weighted by atomic mass is 16.7. The topological polar surface area (TPSA) is 76.6 Å². The molecule has 0 bridgehead atoms. The average molecular weight is 374 g/mol. The van der Waals surface area contributed by atoms with Crippen molar-refractivity contribution in [1.29, 1.82) is 0 Å². The van der Waals surface area contributed by atoms with Gasteiger partial charge in [0.05, 0.1) is 0 Å². The fourth-order valence-electron chi connectivity index (χ4n) is 3.63. The van der Waals surface area contributed by atoms with Gasteiger partial charge < -0.3 is 19.7 Å². The van der Waals surface area contributed by atoms with Gasteiger partial charge >= 0.3 is 0 Å². The summed E-state index contributed by atoms with van der Waals surface area (Å²) in [5.41, 5.74) is 3.27. The third-order valence-corrected chi connectivity index (χ3v) is 4.93. The molecule has 2 aromatic carbocycles. The first kappa shape index (κ1) is 16.6. The van der Waals surface area contributed by atoms with Crippen LogP contribution in [0.1, 0.15) is 23.0 Å². The number of hydrogen-bond acceptors (Lipinski definition) is 6. The van der Waals surface area contributed by atoms with Crippen LogP contribution in [-0.4, -0.2) is 28.7 Å². The van der Waals surface area contributed by atoms with Crippen LogP contribution in [0.4, 0.5) is 17.3 Å². The molecule has 5 rings (SSSR count). The van der Waals surface area contributed by atoms with Gasteiger partial charge in [0.2, 0.25) is 12.7 Å². The quantitative estimate of drug-likeness (QED) is 0.756. The van der Waals surface area contributed by atoms with Gasteiger partial charge in [0.25, 0.3) is 5.91 Å². The molecule has 0 radical (unpaired) electrons. The Bertz CT molecular complexity index is 1070. The largest absolute Gasteiger partial charge is 0.454 e. The number of anilines is 3. The number of aromatic nitrogens is 2. The summed E-state index contributed by atoms with van der Waals surface area (Å²) in [6.45, 7) is 2.32. The molecule has 0 fully saturated rings. The van der Waals surface area contributed by atoms with E-state index in [-0.39, 0.29) is 18.7 Å². The van der Waals surface area contributed by atoms with Gasteiger partial charge in [0.15, 0.2) is 11.5 Å². The molecule has 2 aliphatic rings. The van der Waals surface area contributed by atoms with Crippen molar-refractivity contribution in [1.82, 2.24) is 9.97 Å². The van der Waals surface area contributed by atoms with Crippen LogP contribution >= 0.6 is 0 Å². The van der Waals surface area contributed by atoms with Crippen LogP contribution < -0.4 is 19.7 Å². The number of hydrogen-bond donors (Lipinski definition) is 1. The van der Waals surface area contributed by atoms with Crippen molar-refractivity contribution in [3.63, 3.8) is 0 Å². The SMILES string of the molecule is CC1Cc2ccccc2N1c1nccc(C(=O)Nc2ccc3c(c2)OCO3)n1. The van der Waals surface area contributed by atoms with E-state index in [1.807, 2.05) is 12.1 Å². The molecule has 0 aliphatic carbocycles. The van der Waals surface area contributed by atoms with Gasteiger partial charge in [-0.05, 0) is 43.2 Å². The minimum atomic E-state index is -0.303. The lowest BCUT2D eigenvalue weighted by Gasteiger charge is -2.22. The van der Waals surface area contributed by atoms with E-state index >= 15 is 0 Å². The molecule has 7 heteroatoms. The monoisotopic (exact) mass is 374 g/mol. The second kappa shape index (κ2) is 6.53. The number of ether oxygens (including phenoxy) is 2. The molecule has 1 atom stereocenters. The Hall–Kier alpha value is -3.61. The maximum absolute atomic E-state index is 12.7. The van der Waals surface area contributed by atoms with E-state index in [0.29, 0.717) is 28.8 Å². The molecule has 0 saturated carbocycles. The number of benzene rings is 2. The van der Waals surface area contributed by atoms with E-state index in [4.69, 9.17) is 9.47 Å². The van der Waals surface area contributed by atoms with Crippen LogP contribution in [0, 0.1) is 0 Å². The second-order valence-electron chi connectivity index (χ2n) is 6.82. The molecule has 1 aromatic heterocycles. The smallest absolute Gasteiger partial charge is 0.274 e. The van der Waals surface area contributed by atoms with Crippen LogP contribution in [0.25, 0.3) is 0 Å². The fourth-order valence-corrected chi connectivity index (χ4v) is 3.63. The van der Waals surface area contributed by atoms with E-state index in [1.165, 1.54) is 5.56 Å². The first-order valence-electron chi connectivity index (χ1n) is 9.10. The summed E-state index contributed by atoms with van der Waals surface area (Å²) in [5.74, 6) is 1.51. The van der Waals surface area contributed by atoms with Crippen LogP contribution in [0.2, 0.25) is 0 Å². The molecule has 28 heavy (non-hydrogen) atoms. The van der Waals surface area contributed by atoms with Crippen molar-refractivity contribution in [3.05, 3.63) is 66.0 Å². The highest BCUT2D eigenvalue weighted by molar-refractivity contribution is 6.03. The Morgan fingerprint density at radius 1 is 1.14 bits per heavy atom. The normalized spacial score (nSPS) is 16.8. The Morgan fingerprint density at radius 3 is 2.93 bits per heavy atom. The first-order valence-corrected chi connectivity index (χ1v) is 9.10. The molecule has 7 nitrogen and oxygen atoms in total. The number of nitrogens with zero attached hydrogens (tertiary/aromatic N) is 3. The van der Waals surface area contributed by atoms with Crippen molar-refractivity contribution in [3.8, 4) is 11.5 Å². The highest BCUT2D eigenvalue weighted by Gasteiger charge is 2.29. The summed E-state index contributed by atoms with van der Waals surface area (Å²) in [4.78, 5) is 23.7. The van der Waals surface area contributed by atoms with Gasteiger partial charge in [-0.25, -0.2) is 9.97 Å². The molecule has 140 valence electrons. The predicted molar refractivity (Wildman–Crippen MR) is 104 cm³/mol. The Balaban J connectivity index is 1.41. The summed E-state index contributed by atoms with van der Waals surface area (Å²) in [7, 11) is 0. The van der Waals surface area contributed by atoms with E-state index < -0.39 is 0 Å². The predicted octanol–water partition coefficient (Wildman–Crippen LogP) is 3.54. The summed E-state index contributed by atoms with van der Waals surface area (Å²) < 4.78 is 10.6. The molecule has 1 amide bonds. The van der Waals surface area contributed by atoms with E-state index in [0.717, 1.165) is 12.1 Å². The molecular weight excluding hydrogens is 356 g/mol. The molecule has 3 aromatic rings. The van der Waals surface area contributed by atoms with Crippen molar-refractivity contribution in [2.45, 2.75) is 19.4 Å². The zero-order chi connectivity index (χ0) is 19.1. The first-order chi connectivity index (χ1) is 13.7. The molecule has 1 N–H and O–H groups in total. The third kappa shape index (κ3) is 2.81. The van der Waals surface area contributed by atoms with Gasteiger partial charge in [0.1, 0.15) is 5.69 Å². The molecule has 1 unspecified atom stereocenters. The molecule has 0 spiro atoms.